The van der Waals surface area contributed by atoms with Crippen molar-refractivity contribution >= 4 is 46.9 Å². The van der Waals surface area contributed by atoms with Gasteiger partial charge in [0, 0.05) is 16.1 Å². The van der Waals surface area contributed by atoms with Crippen LogP contribution in [0.1, 0.15) is 5.76 Å². The van der Waals surface area contributed by atoms with Crippen molar-refractivity contribution in [3.8, 4) is 17.1 Å². The van der Waals surface area contributed by atoms with Crippen LogP contribution in [0.5, 0.6) is 5.75 Å². The average Bonchev–Trinajstić information content (AvgIpc) is 3.26. The topological polar surface area (TPSA) is 136 Å². The monoisotopic (exact) mass is 490 g/mol. The van der Waals surface area contributed by atoms with Crippen molar-refractivity contribution in [2.75, 3.05) is 13.2 Å². The SMILES string of the molecule is O=C(COc1ccc(Cl)cc1)NCC(=O)NN=Cc1ccc(-c2ccc(Cl)cc2[N+](=O)[O-])o1. The van der Waals surface area contributed by atoms with Crippen molar-refractivity contribution in [2.24, 2.45) is 5.10 Å². The van der Waals surface area contributed by atoms with Gasteiger partial charge in [-0.3, -0.25) is 19.7 Å². The van der Waals surface area contributed by atoms with Crippen LogP contribution in [0.3, 0.4) is 0 Å². The third kappa shape index (κ3) is 7.06. The Kier molecular flexibility index (Phi) is 8.01. The molecule has 12 heteroatoms. The van der Waals surface area contributed by atoms with E-state index in [4.69, 9.17) is 32.4 Å². The number of amides is 2. The summed E-state index contributed by atoms with van der Waals surface area (Å²) in [6, 6.07) is 13.7. The van der Waals surface area contributed by atoms with Crippen molar-refractivity contribution in [2.45, 2.75) is 0 Å². The molecule has 1 aromatic heterocycles. The van der Waals surface area contributed by atoms with E-state index in [1.54, 1.807) is 24.3 Å². The van der Waals surface area contributed by atoms with Gasteiger partial charge in [-0.15, -0.1) is 0 Å². The molecule has 0 fully saturated rings. The molecule has 3 aromatic rings. The number of carbonyl (C=O) groups excluding carboxylic acids is 2. The normalized spacial score (nSPS) is 10.7. The van der Waals surface area contributed by atoms with Crippen molar-refractivity contribution in [3.63, 3.8) is 0 Å². The molecule has 2 amide bonds. The lowest BCUT2D eigenvalue weighted by molar-refractivity contribution is -0.384. The van der Waals surface area contributed by atoms with E-state index < -0.39 is 16.7 Å². The summed E-state index contributed by atoms with van der Waals surface area (Å²) in [5, 5.41) is 18.1. The Hall–Kier alpha value is -3.89. The van der Waals surface area contributed by atoms with Crippen LogP contribution in [0, 0.1) is 10.1 Å². The number of hydrazone groups is 1. The van der Waals surface area contributed by atoms with Crippen LogP contribution in [-0.2, 0) is 9.59 Å². The minimum Gasteiger partial charge on any atom is -0.484 e. The van der Waals surface area contributed by atoms with Gasteiger partial charge >= 0.3 is 0 Å². The Morgan fingerprint density at radius 3 is 2.52 bits per heavy atom. The molecule has 0 saturated heterocycles. The summed E-state index contributed by atoms with van der Waals surface area (Å²) in [5.74, 6) is -0.130. The number of nitrogens with zero attached hydrogens (tertiary/aromatic N) is 2. The zero-order valence-electron chi connectivity index (χ0n) is 16.8. The lowest BCUT2D eigenvalue weighted by Gasteiger charge is -2.06. The van der Waals surface area contributed by atoms with Crippen molar-refractivity contribution in [1.29, 1.82) is 0 Å². The van der Waals surface area contributed by atoms with Gasteiger partial charge in [0.05, 0.1) is 23.2 Å². The van der Waals surface area contributed by atoms with Crippen molar-refractivity contribution < 1.29 is 23.7 Å². The number of nitro benzene ring substituents is 1. The van der Waals surface area contributed by atoms with Gasteiger partial charge in [0.2, 0.25) is 0 Å². The molecule has 0 atom stereocenters. The fraction of sp³-hybridized carbons (Fsp3) is 0.0952. The highest BCUT2D eigenvalue weighted by Gasteiger charge is 2.18. The first-order valence-electron chi connectivity index (χ1n) is 9.33. The number of carbonyl (C=O) groups is 2. The first-order valence-corrected chi connectivity index (χ1v) is 10.1. The maximum Gasteiger partial charge on any atom is 0.281 e. The highest BCUT2D eigenvalue weighted by atomic mass is 35.5. The predicted molar refractivity (Wildman–Crippen MR) is 122 cm³/mol. The number of furan rings is 1. The van der Waals surface area contributed by atoms with Gasteiger partial charge in [0.15, 0.2) is 6.61 Å². The number of hydrogen-bond acceptors (Lipinski definition) is 7. The molecule has 3 rings (SSSR count). The number of rotatable bonds is 9. The third-order valence-electron chi connectivity index (χ3n) is 4.06. The highest BCUT2D eigenvalue weighted by Crippen LogP contribution is 2.33. The summed E-state index contributed by atoms with van der Waals surface area (Å²) < 4.78 is 10.8. The molecule has 0 spiro atoms. The average molecular weight is 491 g/mol. The zero-order valence-corrected chi connectivity index (χ0v) is 18.3. The first kappa shape index (κ1) is 23.8. The molecule has 10 nitrogen and oxygen atoms in total. The molecular weight excluding hydrogens is 475 g/mol. The van der Waals surface area contributed by atoms with Gasteiger partial charge in [-0.25, -0.2) is 5.43 Å². The van der Waals surface area contributed by atoms with E-state index in [1.807, 2.05) is 0 Å². The maximum absolute atomic E-state index is 11.8. The molecule has 2 aromatic carbocycles. The fourth-order valence-electron chi connectivity index (χ4n) is 2.55. The van der Waals surface area contributed by atoms with Crippen LogP contribution >= 0.6 is 23.2 Å². The van der Waals surface area contributed by atoms with Gasteiger partial charge in [-0.05, 0) is 48.5 Å². The lowest BCUT2D eigenvalue weighted by atomic mass is 10.1. The van der Waals surface area contributed by atoms with Crippen LogP contribution in [0.15, 0.2) is 64.1 Å². The van der Waals surface area contributed by atoms with E-state index in [-0.39, 0.29) is 40.9 Å². The molecule has 0 unspecified atom stereocenters. The highest BCUT2D eigenvalue weighted by molar-refractivity contribution is 6.31. The molecule has 2 N–H and O–H groups in total. The van der Waals surface area contributed by atoms with E-state index in [9.17, 15) is 19.7 Å². The number of nitrogens with one attached hydrogen (secondary N) is 2. The molecule has 0 aliphatic rings. The summed E-state index contributed by atoms with van der Waals surface area (Å²) >= 11 is 11.6. The van der Waals surface area contributed by atoms with Crippen LogP contribution in [0.25, 0.3) is 11.3 Å². The van der Waals surface area contributed by atoms with E-state index in [2.05, 4.69) is 15.8 Å². The molecule has 0 aliphatic heterocycles. The molecule has 0 bridgehead atoms. The lowest BCUT2D eigenvalue weighted by Crippen LogP contribution is -2.37. The van der Waals surface area contributed by atoms with Gasteiger partial charge in [0.1, 0.15) is 17.3 Å². The molecule has 0 aliphatic carbocycles. The van der Waals surface area contributed by atoms with Crippen molar-refractivity contribution in [1.82, 2.24) is 10.7 Å². The zero-order chi connectivity index (χ0) is 23.8. The number of nitro groups is 1. The molecule has 0 saturated carbocycles. The van der Waals surface area contributed by atoms with Crippen LogP contribution in [0.4, 0.5) is 5.69 Å². The Labute approximate surface area is 197 Å². The molecule has 33 heavy (non-hydrogen) atoms. The number of ether oxygens (including phenoxy) is 1. The smallest absolute Gasteiger partial charge is 0.281 e. The quantitative estimate of drug-likeness (QED) is 0.266. The summed E-state index contributed by atoms with van der Waals surface area (Å²) in [4.78, 5) is 34.2. The van der Waals surface area contributed by atoms with Crippen LogP contribution in [0.2, 0.25) is 10.0 Å². The molecule has 170 valence electrons. The van der Waals surface area contributed by atoms with Gasteiger partial charge < -0.3 is 14.5 Å². The third-order valence-corrected chi connectivity index (χ3v) is 4.55. The van der Waals surface area contributed by atoms with Gasteiger partial charge in [-0.2, -0.15) is 5.10 Å². The van der Waals surface area contributed by atoms with E-state index in [0.717, 1.165) is 0 Å². The van der Waals surface area contributed by atoms with E-state index in [1.165, 1.54) is 36.5 Å². The second kappa shape index (κ2) is 11.1. The van der Waals surface area contributed by atoms with Gasteiger partial charge in [-0.1, -0.05) is 23.2 Å². The molecular formula is C21H16Cl2N4O6. The summed E-state index contributed by atoms with van der Waals surface area (Å²) in [6.45, 7) is -0.593. The van der Waals surface area contributed by atoms with Crippen LogP contribution in [-0.4, -0.2) is 36.1 Å². The second-order valence-electron chi connectivity index (χ2n) is 6.43. The predicted octanol–water partition coefficient (Wildman–Crippen LogP) is 3.81. The molecule has 0 radical (unpaired) electrons. The summed E-state index contributed by atoms with van der Waals surface area (Å²) in [7, 11) is 0. The Morgan fingerprint density at radius 2 is 1.79 bits per heavy atom. The maximum atomic E-state index is 11.8. The minimum absolute atomic E-state index is 0.204. The standard InChI is InChI=1S/C21H16Cl2N4O6/c22-13-1-4-15(5-2-13)32-12-21(29)24-11-20(28)26-25-10-16-6-8-19(33-16)17-7-3-14(23)9-18(17)27(30)31/h1-10H,11-12H2,(H,24,29)(H,26,28). The van der Waals surface area contributed by atoms with Crippen LogP contribution < -0.4 is 15.5 Å². The minimum atomic E-state index is -0.578. The number of halogens is 2. The van der Waals surface area contributed by atoms with E-state index >= 15 is 0 Å². The number of hydrogen-bond donors (Lipinski definition) is 2. The summed E-state index contributed by atoms with van der Waals surface area (Å²) in [5.41, 5.74) is 2.27. The number of benzene rings is 2. The molecule has 1 heterocycles. The largest absolute Gasteiger partial charge is 0.484 e. The fourth-order valence-corrected chi connectivity index (χ4v) is 2.84. The Morgan fingerprint density at radius 1 is 1.06 bits per heavy atom. The Bertz CT molecular complexity index is 1190. The first-order chi connectivity index (χ1) is 15.8. The van der Waals surface area contributed by atoms with Gasteiger partial charge in [0.25, 0.3) is 17.5 Å². The Balaban J connectivity index is 1.46. The summed E-state index contributed by atoms with van der Waals surface area (Å²) in [6.07, 6.45) is 1.22. The second-order valence-corrected chi connectivity index (χ2v) is 7.31. The van der Waals surface area contributed by atoms with Crippen molar-refractivity contribution in [3.05, 3.63) is 80.5 Å². The van der Waals surface area contributed by atoms with E-state index in [0.29, 0.717) is 10.8 Å².